The van der Waals surface area contributed by atoms with E-state index in [4.69, 9.17) is 0 Å². The zero-order valence-electron chi connectivity index (χ0n) is 11.9. The molecule has 0 aliphatic rings. The molecule has 0 aromatic heterocycles. The predicted octanol–water partition coefficient (Wildman–Crippen LogP) is 4.39. The number of halogens is 5. The first kappa shape index (κ1) is 19.1. The zero-order chi connectivity index (χ0) is 15.8. The Kier molecular flexibility index (Phi) is 8.05. The molecule has 0 aliphatic carbocycles. The maximum absolute atomic E-state index is 13.1. The Bertz CT molecular complexity index is 281. The van der Waals surface area contributed by atoms with E-state index in [9.17, 15) is 26.7 Å². The van der Waals surface area contributed by atoms with Crippen LogP contribution in [0.4, 0.5) is 22.0 Å². The summed E-state index contributed by atoms with van der Waals surface area (Å²) in [5, 5.41) is 0. The third kappa shape index (κ3) is 5.63. The molecule has 0 rings (SSSR count). The van der Waals surface area contributed by atoms with E-state index in [0.717, 1.165) is 12.8 Å². The summed E-state index contributed by atoms with van der Waals surface area (Å²) >= 11 is 0. The maximum Gasteiger partial charge on any atom is 0.463 e. The average Bonchev–Trinajstić information content (AvgIpc) is 2.35. The normalized spacial score (nSPS) is 12.6. The maximum atomic E-state index is 13.1. The van der Waals surface area contributed by atoms with E-state index in [1.165, 1.54) is 0 Å². The Morgan fingerprint density at radius 1 is 0.850 bits per heavy atom. The molecule has 0 spiro atoms. The van der Waals surface area contributed by atoms with Crippen LogP contribution >= 0.6 is 0 Å². The highest BCUT2D eigenvalue weighted by atomic mass is 19.4. The summed E-state index contributed by atoms with van der Waals surface area (Å²) in [5.74, 6) is -7.43. The lowest BCUT2D eigenvalue weighted by molar-refractivity contribution is -0.274. The second kappa shape index (κ2) is 8.42. The van der Waals surface area contributed by atoms with E-state index < -0.39 is 18.0 Å². The van der Waals surface area contributed by atoms with Crippen LogP contribution in [0.5, 0.6) is 0 Å². The van der Waals surface area contributed by atoms with Gasteiger partial charge in [0.15, 0.2) is 0 Å². The fourth-order valence-corrected chi connectivity index (χ4v) is 1.74. The van der Waals surface area contributed by atoms with Crippen LogP contribution in [0.1, 0.15) is 52.4 Å². The Balaban J connectivity index is 4.76. The molecule has 0 aromatic rings. The molecular formula is C13H22F5NO. The number of unbranched alkanes of at least 4 members (excludes halogenated alkanes) is 4. The summed E-state index contributed by atoms with van der Waals surface area (Å²) in [6, 6.07) is 0. The standard InChI is InChI=1S/C13H22F5NO/c1-3-5-7-9-19(10-8-6-4-2)11(20)12(14,15)13(16,17)18/h3-10H2,1-2H3. The van der Waals surface area contributed by atoms with E-state index in [1.807, 2.05) is 13.8 Å². The predicted molar refractivity (Wildman–Crippen MR) is 66.6 cm³/mol. The van der Waals surface area contributed by atoms with Gasteiger partial charge in [0, 0.05) is 13.1 Å². The number of alkyl halides is 5. The molecule has 0 saturated carbocycles. The van der Waals surface area contributed by atoms with Gasteiger partial charge in [-0.25, -0.2) is 0 Å². The van der Waals surface area contributed by atoms with Crippen molar-refractivity contribution in [2.45, 2.75) is 64.5 Å². The second-order valence-electron chi connectivity index (χ2n) is 4.78. The zero-order valence-corrected chi connectivity index (χ0v) is 11.9. The molecule has 0 fully saturated rings. The fourth-order valence-electron chi connectivity index (χ4n) is 1.74. The quantitative estimate of drug-likeness (QED) is 0.457. The van der Waals surface area contributed by atoms with Gasteiger partial charge in [-0.15, -0.1) is 0 Å². The van der Waals surface area contributed by atoms with Crippen molar-refractivity contribution >= 4 is 5.91 Å². The molecule has 0 bridgehead atoms. The van der Waals surface area contributed by atoms with Crippen molar-refractivity contribution in [3.05, 3.63) is 0 Å². The van der Waals surface area contributed by atoms with Gasteiger partial charge in [-0.1, -0.05) is 39.5 Å². The second-order valence-corrected chi connectivity index (χ2v) is 4.78. The molecule has 1 amide bonds. The van der Waals surface area contributed by atoms with Crippen molar-refractivity contribution in [3.63, 3.8) is 0 Å². The van der Waals surface area contributed by atoms with Crippen LogP contribution in [0.3, 0.4) is 0 Å². The number of carbonyl (C=O) groups excluding carboxylic acids is 1. The minimum absolute atomic E-state index is 0.0535. The lowest BCUT2D eigenvalue weighted by Gasteiger charge is -2.28. The lowest BCUT2D eigenvalue weighted by atomic mass is 10.2. The molecule has 7 heteroatoms. The van der Waals surface area contributed by atoms with E-state index in [1.54, 1.807) is 0 Å². The number of carbonyl (C=O) groups is 1. The van der Waals surface area contributed by atoms with Crippen molar-refractivity contribution in [2.75, 3.05) is 13.1 Å². The summed E-state index contributed by atoms with van der Waals surface area (Å²) in [6.07, 6.45) is -1.99. The molecule has 0 saturated heterocycles. The molecule has 2 nitrogen and oxygen atoms in total. The van der Waals surface area contributed by atoms with E-state index >= 15 is 0 Å². The van der Waals surface area contributed by atoms with Crippen LogP contribution in [0.2, 0.25) is 0 Å². The van der Waals surface area contributed by atoms with Crippen LogP contribution in [0.25, 0.3) is 0 Å². The SMILES string of the molecule is CCCCCN(CCCCC)C(=O)C(F)(F)C(F)(F)F. The Hall–Kier alpha value is -0.880. The van der Waals surface area contributed by atoms with Gasteiger partial charge in [0.25, 0.3) is 0 Å². The molecule has 0 radical (unpaired) electrons. The fraction of sp³-hybridized carbons (Fsp3) is 0.923. The highest BCUT2D eigenvalue weighted by molar-refractivity contribution is 5.84. The number of hydrogen-bond acceptors (Lipinski definition) is 1. The van der Waals surface area contributed by atoms with Crippen molar-refractivity contribution in [1.82, 2.24) is 4.90 Å². The average molecular weight is 303 g/mol. The minimum atomic E-state index is -5.84. The Morgan fingerprint density at radius 2 is 1.25 bits per heavy atom. The first-order chi connectivity index (χ1) is 9.18. The lowest BCUT2D eigenvalue weighted by Crippen LogP contribution is -2.52. The minimum Gasteiger partial charge on any atom is -0.337 e. The number of amides is 1. The Morgan fingerprint density at radius 3 is 1.55 bits per heavy atom. The Labute approximate surface area is 116 Å². The molecule has 0 aliphatic heterocycles. The molecule has 0 N–H and O–H groups in total. The molecule has 20 heavy (non-hydrogen) atoms. The molecule has 0 unspecified atom stereocenters. The summed E-state index contributed by atoms with van der Waals surface area (Å²) < 4.78 is 62.8. The monoisotopic (exact) mass is 303 g/mol. The van der Waals surface area contributed by atoms with Gasteiger partial charge in [-0.05, 0) is 12.8 Å². The van der Waals surface area contributed by atoms with Gasteiger partial charge in [0.05, 0.1) is 0 Å². The first-order valence-corrected chi connectivity index (χ1v) is 6.92. The highest BCUT2D eigenvalue weighted by Gasteiger charge is 2.64. The van der Waals surface area contributed by atoms with Crippen molar-refractivity contribution in [2.24, 2.45) is 0 Å². The van der Waals surface area contributed by atoms with Crippen molar-refractivity contribution in [1.29, 1.82) is 0 Å². The van der Waals surface area contributed by atoms with E-state index in [2.05, 4.69) is 0 Å². The molecular weight excluding hydrogens is 281 g/mol. The topological polar surface area (TPSA) is 20.3 Å². The third-order valence-electron chi connectivity index (χ3n) is 2.98. The van der Waals surface area contributed by atoms with Gasteiger partial charge in [-0.3, -0.25) is 4.79 Å². The van der Waals surface area contributed by atoms with Gasteiger partial charge < -0.3 is 4.90 Å². The third-order valence-corrected chi connectivity index (χ3v) is 2.98. The van der Waals surface area contributed by atoms with Crippen LogP contribution < -0.4 is 0 Å². The molecule has 120 valence electrons. The summed E-state index contributed by atoms with van der Waals surface area (Å²) in [6.45, 7) is 3.66. The van der Waals surface area contributed by atoms with Crippen LogP contribution in [0.15, 0.2) is 0 Å². The van der Waals surface area contributed by atoms with Gasteiger partial charge in [0.2, 0.25) is 0 Å². The summed E-state index contributed by atoms with van der Waals surface area (Å²) in [7, 11) is 0. The number of hydrogen-bond donors (Lipinski definition) is 0. The van der Waals surface area contributed by atoms with Gasteiger partial charge in [0.1, 0.15) is 0 Å². The number of nitrogens with zero attached hydrogens (tertiary/aromatic N) is 1. The smallest absolute Gasteiger partial charge is 0.337 e. The molecule has 0 aromatic carbocycles. The van der Waals surface area contributed by atoms with Crippen molar-refractivity contribution < 1.29 is 26.7 Å². The van der Waals surface area contributed by atoms with E-state index in [0.29, 0.717) is 30.6 Å². The number of rotatable bonds is 9. The summed E-state index contributed by atoms with van der Waals surface area (Å²) in [4.78, 5) is 12.1. The van der Waals surface area contributed by atoms with E-state index in [-0.39, 0.29) is 13.1 Å². The summed E-state index contributed by atoms with van der Waals surface area (Å²) in [5.41, 5.74) is 0. The van der Waals surface area contributed by atoms with Crippen molar-refractivity contribution in [3.8, 4) is 0 Å². The largest absolute Gasteiger partial charge is 0.463 e. The van der Waals surface area contributed by atoms with Crippen LogP contribution in [0, 0.1) is 0 Å². The molecule has 0 heterocycles. The highest BCUT2D eigenvalue weighted by Crippen LogP contribution is 2.37. The van der Waals surface area contributed by atoms with Crippen LogP contribution in [-0.2, 0) is 4.79 Å². The first-order valence-electron chi connectivity index (χ1n) is 6.92. The van der Waals surface area contributed by atoms with Gasteiger partial charge in [-0.2, -0.15) is 22.0 Å². The molecule has 0 atom stereocenters. The van der Waals surface area contributed by atoms with Gasteiger partial charge >= 0.3 is 18.0 Å². The van der Waals surface area contributed by atoms with Crippen LogP contribution in [-0.4, -0.2) is 36.0 Å².